The molecule has 0 spiro atoms. The molecule has 0 aliphatic carbocycles. The molecule has 1 aromatic carbocycles. The number of likely N-dealkylation sites (tertiary alicyclic amines) is 1. The Kier molecular flexibility index (Phi) is 8.99. The molecule has 2 rings (SSSR count). The van der Waals surface area contributed by atoms with Gasteiger partial charge in [0.15, 0.2) is 0 Å². The smallest absolute Gasteiger partial charge is 0.227 e. The fraction of sp³-hybridized carbons (Fsp3) is 0.619. The van der Waals surface area contributed by atoms with E-state index in [2.05, 4.69) is 23.2 Å². The van der Waals surface area contributed by atoms with Gasteiger partial charge in [-0.05, 0) is 56.6 Å². The van der Waals surface area contributed by atoms with Crippen LogP contribution in [0.15, 0.2) is 24.3 Å². The Morgan fingerprint density at radius 3 is 2.62 bits per heavy atom. The van der Waals surface area contributed by atoms with Crippen molar-refractivity contribution < 1.29 is 9.53 Å². The molecular formula is C21H31N3O2. The van der Waals surface area contributed by atoms with Crippen molar-refractivity contribution in [3.05, 3.63) is 24.3 Å². The highest BCUT2D eigenvalue weighted by Crippen LogP contribution is 2.21. The number of nitrogens with one attached hydrogen (secondary N) is 1. The van der Waals surface area contributed by atoms with Crippen LogP contribution < -0.4 is 10.1 Å². The molecule has 5 nitrogen and oxygen atoms in total. The van der Waals surface area contributed by atoms with Gasteiger partial charge in [-0.25, -0.2) is 0 Å². The molecule has 26 heavy (non-hydrogen) atoms. The van der Waals surface area contributed by atoms with Crippen LogP contribution in [0.5, 0.6) is 5.75 Å². The molecule has 1 N–H and O–H groups in total. The largest absolute Gasteiger partial charge is 0.494 e. The minimum Gasteiger partial charge on any atom is -0.494 e. The van der Waals surface area contributed by atoms with Gasteiger partial charge in [0.25, 0.3) is 0 Å². The molecule has 1 amide bonds. The molecule has 1 aliphatic heterocycles. The van der Waals surface area contributed by atoms with Crippen molar-refractivity contribution in [2.24, 2.45) is 5.92 Å². The second-order valence-corrected chi connectivity index (χ2v) is 6.95. The standard InChI is InChI=1S/C21H31N3O2/c1-2-3-4-5-17-26-20-9-7-19(8-10-20)23-21(25)18-11-15-24(16-12-18)14-6-13-22/h7-10,18H,2-6,11-12,14-17H2,1H3,(H,23,25). The van der Waals surface area contributed by atoms with Crippen molar-refractivity contribution in [1.82, 2.24) is 4.90 Å². The average Bonchev–Trinajstić information content (AvgIpc) is 2.68. The normalized spacial score (nSPS) is 15.4. The second-order valence-electron chi connectivity index (χ2n) is 6.95. The molecule has 1 aromatic rings. The Morgan fingerprint density at radius 2 is 1.96 bits per heavy atom. The van der Waals surface area contributed by atoms with E-state index < -0.39 is 0 Å². The van der Waals surface area contributed by atoms with Crippen molar-refractivity contribution in [3.8, 4) is 11.8 Å². The summed E-state index contributed by atoms with van der Waals surface area (Å²) in [6, 6.07) is 9.82. The minimum atomic E-state index is 0.0582. The molecule has 0 radical (unpaired) electrons. The van der Waals surface area contributed by atoms with Gasteiger partial charge >= 0.3 is 0 Å². The number of carbonyl (C=O) groups excluding carboxylic acids is 1. The van der Waals surface area contributed by atoms with Crippen LogP contribution in [0, 0.1) is 17.2 Å². The molecule has 5 heteroatoms. The number of carbonyl (C=O) groups is 1. The number of unbranched alkanes of at least 4 members (excludes halogenated alkanes) is 3. The second kappa shape index (κ2) is 11.5. The molecule has 1 saturated heterocycles. The van der Waals surface area contributed by atoms with Crippen LogP contribution in [0.1, 0.15) is 51.9 Å². The van der Waals surface area contributed by atoms with E-state index in [1.165, 1.54) is 19.3 Å². The summed E-state index contributed by atoms with van der Waals surface area (Å²) in [5.41, 5.74) is 0.820. The van der Waals surface area contributed by atoms with Gasteiger partial charge in [-0.15, -0.1) is 0 Å². The number of piperidine rings is 1. The first-order chi connectivity index (χ1) is 12.7. The number of hydrogen-bond donors (Lipinski definition) is 1. The zero-order valence-electron chi connectivity index (χ0n) is 15.9. The van der Waals surface area contributed by atoms with Crippen molar-refractivity contribution >= 4 is 11.6 Å². The Labute approximate surface area is 157 Å². The van der Waals surface area contributed by atoms with Gasteiger partial charge in [-0.3, -0.25) is 4.79 Å². The Morgan fingerprint density at radius 1 is 1.23 bits per heavy atom. The molecule has 1 aliphatic rings. The Bertz CT molecular complexity index is 572. The lowest BCUT2D eigenvalue weighted by Gasteiger charge is -2.30. The molecule has 0 saturated carbocycles. The Hall–Kier alpha value is -2.06. The SMILES string of the molecule is CCCCCCOc1ccc(NC(=O)C2CCN(CCC#N)CC2)cc1. The highest BCUT2D eigenvalue weighted by Gasteiger charge is 2.24. The quantitative estimate of drug-likeness (QED) is 0.637. The number of rotatable bonds is 10. The molecule has 1 fully saturated rings. The lowest BCUT2D eigenvalue weighted by atomic mass is 9.95. The summed E-state index contributed by atoms with van der Waals surface area (Å²) in [6.07, 6.45) is 7.05. The summed E-state index contributed by atoms with van der Waals surface area (Å²) >= 11 is 0. The van der Waals surface area contributed by atoms with E-state index in [1.807, 2.05) is 24.3 Å². The average molecular weight is 357 g/mol. The van der Waals surface area contributed by atoms with Crippen molar-refractivity contribution in [2.45, 2.75) is 51.9 Å². The number of nitriles is 1. The molecule has 0 atom stereocenters. The van der Waals surface area contributed by atoms with E-state index in [4.69, 9.17) is 10.00 Å². The number of anilines is 1. The van der Waals surface area contributed by atoms with E-state index in [0.717, 1.165) is 56.9 Å². The van der Waals surface area contributed by atoms with Gasteiger partial charge in [0.05, 0.1) is 12.7 Å². The maximum Gasteiger partial charge on any atom is 0.227 e. The topological polar surface area (TPSA) is 65.4 Å². The van der Waals surface area contributed by atoms with Gasteiger partial charge in [-0.2, -0.15) is 5.26 Å². The van der Waals surface area contributed by atoms with Crippen LogP contribution in [0.2, 0.25) is 0 Å². The first-order valence-electron chi connectivity index (χ1n) is 9.86. The molecule has 142 valence electrons. The number of hydrogen-bond acceptors (Lipinski definition) is 4. The fourth-order valence-corrected chi connectivity index (χ4v) is 3.22. The summed E-state index contributed by atoms with van der Waals surface area (Å²) in [6.45, 7) is 5.54. The Balaban J connectivity index is 1.70. The van der Waals surface area contributed by atoms with Crippen LogP contribution in [-0.2, 0) is 4.79 Å². The molecule has 0 aromatic heterocycles. The van der Waals surface area contributed by atoms with Gasteiger partial charge in [0.2, 0.25) is 5.91 Å². The first kappa shape index (κ1) is 20.3. The third-order valence-corrected chi connectivity index (χ3v) is 4.89. The summed E-state index contributed by atoms with van der Waals surface area (Å²) in [7, 11) is 0. The number of amides is 1. The first-order valence-corrected chi connectivity index (χ1v) is 9.86. The summed E-state index contributed by atoms with van der Waals surface area (Å²) in [5.74, 6) is 1.01. The van der Waals surface area contributed by atoms with Gasteiger partial charge in [0, 0.05) is 24.6 Å². The lowest BCUT2D eigenvalue weighted by molar-refractivity contribution is -0.121. The minimum absolute atomic E-state index is 0.0582. The maximum atomic E-state index is 12.4. The van der Waals surface area contributed by atoms with Gasteiger partial charge < -0.3 is 15.0 Å². The van der Waals surface area contributed by atoms with Crippen LogP contribution in [0.4, 0.5) is 5.69 Å². The van der Waals surface area contributed by atoms with Crippen LogP contribution >= 0.6 is 0 Å². The van der Waals surface area contributed by atoms with Crippen molar-refractivity contribution in [2.75, 3.05) is 31.6 Å². The summed E-state index contributed by atoms with van der Waals surface area (Å²) in [4.78, 5) is 14.7. The zero-order valence-corrected chi connectivity index (χ0v) is 15.9. The van der Waals surface area contributed by atoms with Gasteiger partial charge in [-0.1, -0.05) is 26.2 Å². The third-order valence-electron chi connectivity index (χ3n) is 4.89. The van der Waals surface area contributed by atoms with E-state index in [-0.39, 0.29) is 11.8 Å². The summed E-state index contributed by atoms with van der Waals surface area (Å²) < 4.78 is 5.73. The van der Waals surface area contributed by atoms with Crippen LogP contribution in [0.3, 0.4) is 0 Å². The highest BCUT2D eigenvalue weighted by molar-refractivity contribution is 5.92. The predicted octanol–water partition coefficient (Wildman–Crippen LogP) is 4.21. The fourth-order valence-electron chi connectivity index (χ4n) is 3.22. The van der Waals surface area contributed by atoms with E-state index >= 15 is 0 Å². The molecular weight excluding hydrogens is 326 g/mol. The molecule has 0 unspecified atom stereocenters. The summed E-state index contributed by atoms with van der Waals surface area (Å²) in [5, 5.41) is 11.7. The third kappa shape index (κ3) is 7.05. The molecule has 1 heterocycles. The monoisotopic (exact) mass is 357 g/mol. The maximum absolute atomic E-state index is 12.4. The molecule has 0 bridgehead atoms. The van der Waals surface area contributed by atoms with Crippen LogP contribution in [-0.4, -0.2) is 37.0 Å². The zero-order chi connectivity index (χ0) is 18.6. The van der Waals surface area contributed by atoms with E-state index in [9.17, 15) is 4.79 Å². The predicted molar refractivity (Wildman–Crippen MR) is 104 cm³/mol. The van der Waals surface area contributed by atoms with E-state index in [1.54, 1.807) is 0 Å². The number of benzene rings is 1. The lowest BCUT2D eigenvalue weighted by Crippen LogP contribution is -2.38. The van der Waals surface area contributed by atoms with Crippen molar-refractivity contribution in [1.29, 1.82) is 5.26 Å². The van der Waals surface area contributed by atoms with Gasteiger partial charge in [0.1, 0.15) is 5.75 Å². The van der Waals surface area contributed by atoms with E-state index in [0.29, 0.717) is 6.42 Å². The van der Waals surface area contributed by atoms with Crippen molar-refractivity contribution in [3.63, 3.8) is 0 Å². The highest BCUT2D eigenvalue weighted by atomic mass is 16.5. The van der Waals surface area contributed by atoms with Crippen LogP contribution in [0.25, 0.3) is 0 Å². The number of nitrogens with zero attached hydrogens (tertiary/aromatic N) is 2. The number of ether oxygens (including phenoxy) is 1.